The normalized spacial score (nSPS) is 11.6. The summed E-state index contributed by atoms with van der Waals surface area (Å²) in [5.74, 6) is -1.41. The summed E-state index contributed by atoms with van der Waals surface area (Å²) in [5.41, 5.74) is 0.321. The Hall–Kier alpha value is -2.16. The Morgan fingerprint density at radius 2 is 1.92 bits per heavy atom. The van der Waals surface area contributed by atoms with Crippen LogP contribution in [0.4, 0.5) is 8.78 Å². The molecule has 3 aromatic rings. The minimum Gasteiger partial charge on any atom is -0.315 e. The number of benzene rings is 1. The highest BCUT2D eigenvalue weighted by Gasteiger charge is 2.27. The highest BCUT2D eigenvalue weighted by molar-refractivity contribution is 7.93. The summed E-state index contributed by atoms with van der Waals surface area (Å²) in [6.07, 6.45) is 1.29. The molecule has 0 saturated heterocycles. The third-order valence-electron chi connectivity index (χ3n) is 3.50. The van der Waals surface area contributed by atoms with E-state index in [1.807, 2.05) is 0 Å². The van der Waals surface area contributed by atoms with E-state index in [-0.39, 0.29) is 20.2 Å². The van der Waals surface area contributed by atoms with Gasteiger partial charge in [-0.25, -0.2) is 17.8 Å². The van der Waals surface area contributed by atoms with Crippen molar-refractivity contribution in [1.82, 2.24) is 10.3 Å². The molecule has 130 valence electrons. The van der Waals surface area contributed by atoms with Gasteiger partial charge in [0.2, 0.25) is 15.8 Å². The fraction of sp³-hybridized carbons (Fsp3) is 0.118. The largest absolute Gasteiger partial charge is 0.315 e. The Bertz CT molecular complexity index is 1020. The van der Waals surface area contributed by atoms with Crippen molar-refractivity contribution in [2.24, 2.45) is 0 Å². The van der Waals surface area contributed by atoms with Gasteiger partial charge in [0, 0.05) is 28.7 Å². The maximum Gasteiger partial charge on any atom is 0.220 e. The van der Waals surface area contributed by atoms with E-state index in [0.717, 1.165) is 22.3 Å². The summed E-state index contributed by atoms with van der Waals surface area (Å²) in [7, 11) is -2.27. The molecule has 0 unspecified atom stereocenters. The van der Waals surface area contributed by atoms with Crippen molar-refractivity contribution in [3.05, 3.63) is 65.3 Å². The Morgan fingerprint density at radius 3 is 2.60 bits per heavy atom. The van der Waals surface area contributed by atoms with Crippen LogP contribution < -0.4 is 5.32 Å². The molecular formula is C17H14F2N2O2S2. The van der Waals surface area contributed by atoms with Gasteiger partial charge in [-0.2, -0.15) is 4.39 Å². The fourth-order valence-corrected chi connectivity index (χ4v) is 5.56. The van der Waals surface area contributed by atoms with Gasteiger partial charge in [-0.3, -0.25) is 0 Å². The zero-order chi connectivity index (χ0) is 18.0. The first-order valence-electron chi connectivity index (χ1n) is 7.32. The van der Waals surface area contributed by atoms with Crippen molar-refractivity contribution in [3.8, 4) is 11.1 Å². The first kappa shape index (κ1) is 17.7. The SMILES string of the molecule is CNCc1cc(-c2cccnc2F)c(S(=O)(=O)c2cccc(F)c2)s1. The topological polar surface area (TPSA) is 59.1 Å². The first-order chi connectivity index (χ1) is 11.9. The molecule has 1 N–H and O–H groups in total. The van der Waals surface area contributed by atoms with Gasteiger partial charge in [-0.15, -0.1) is 11.3 Å². The van der Waals surface area contributed by atoms with Gasteiger partial charge in [0.15, 0.2) is 0 Å². The first-order valence-corrected chi connectivity index (χ1v) is 9.62. The third-order valence-corrected chi connectivity index (χ3v) is 6.92. The van der Waals surface area contributed by atoms with E-state index in [2.05, 4.69) is 10.3 Å². The van der Waals surface area contributed by atoms with Gasteiger partial charge in [0.05, 0.1) is 4.90 Å². The van der Waals surface area contributed by atoms with Gasteiger partial charge in [0.25, 0.3) is 0 Å². The number of hydrogen-bond donors (Lipinski definition) is 1. The van der Waals surface area contributed by atoms with Crippen molar-refractivity contribution in [2.75, 3.05) is 7.05 Å². The second kappa shape index (κ2) is 6.99. The zero-order valence-electron chi connectivity index (χ0n) is 13.2. The van der Waals surface area contributed by atoms with Crippen molar-refractivity contribution in [3.63, 3.8) is 0 Å². The molecule has 25 heavy (non-hydrogen) atoms. The van der Waals surface area contributed by atoms with E-state index in [0.29, 0.717) is 6.54 Å². The molecule has 0 radical (unpaired) electrons. The Morgan fingerprint density at radius 1 is 1.12 bits per heavy atom. The molecule has 0 fully saturated rings. The van der Waals surface area contributed by atoms with Crippen LogP contribution in [0.1, 0.15) is 4.88 Å². The molecule has 8 heteroatoms. The standard InChI is InChI=1S/C17H14F2N2O2S2/c1-20-10-12-9-15(14-6-3-7-21-16(14)19)17(24-12)25(22,23)13-5-2-4-11(18)8-13/h2-9,20H,10H2,1H3. The summed E-state index contributed by atoms with van der Waals surface area (Å²) < 4.78 is 53.6. The minimum absolute atomic E-state index is 0.0322. The predicted octanol–water partition coefficient (Wildman–Crippen LogP) is 3.64. The summed E-state index contributed by atoms with van der Waals surface area (Å²) in [6.45, 7) is 0.429. The Labute approximate surface area is 148 Å². The number of hydrogen-bond acceptors (Lipinski definition) is 5. The van der Waals surface area contributed by atoms with Crippen LogP contribution in [0.5, 0.6) is 0 Å². The van der Waals surface area contributed by atoms with E-state index in [1.165, 1.54) is 36.5 Å². The number of thiophene rings is 1. The lowest BCUT2D eigenvalue weighted by Crippen LogP contribution is -2.03. The van der Waals surface area contributed by atoms with Gasteiger partial charge in [0.1, 0.15) is 10.0 Å². The van der Waals surface area contributed by atoms with E-state index >= 15 is 0 Å². The molecule has 0 aliphatic rings. The molecular weight excluding hydrogens is 366 g/mol. The van der Waals surface area contributed by atoms with Crippen LogP contribution in [0.15, 0.2) is 57.8 Å². The predicted molar refractivity (Wildman–Crippen MR) is 92.1 cm³/mol. The number of halogens is 2. The molecule has 0 saturated carbocycles. The van der Waals surface area contributed by atoms with Crippen LogP contribution in [0.25, 0.3) is 11.1 Å². The number of pyridine rings is 1. The van der Waals surface area contributed by atoms with Crippen molar-refractivity contribution >= 4 is 21.2 Å². The van der Waals surface area contributed by atoms with E-state index in [4.69, 9.17) is 0 Å². The number of aromatic nitrogens is 1. The second-order valence-electron chi connectivity index (χ2n) is 5.25. The quantitative estimate of drug-likeness (QED) is 0.687. The van der Waals surface area contributed by atoms with Crippen LogP contribution >= 0.6 is 11.3 Å². The molecule has 0 amide bonds. The third kappa shape index (κ3) is 3.46. The fourth-order valence-electron chi connectivity index (χ4n) is 2.40. The number of sulfone groups is 1. The summed E-state index contributed by atoms with van der Waals surface area (Å²) >= 11 is 1.03. The van der Waals surface area contributed by atoms with Gasteiger partial charge in [-0.05, 0) is 43.4 Å². The highest BCUT2D eigenvalue weighted by Crippen LogP contribution is 2.39. The smallest absolute Gasteiger partial charge is 0.220 e. The average Bonchev–Trinajstić information content (AvgIpc) is 3.00. The molecule has 0 atom stereocenters. The van der Waals surface area contributed by atoms with Crippen LogP contribution in [0.3, 0.4) is 0 Å². The van der Waals surface area contributed by atoms with Gasteiger partial charge < -0.3 is 5.32 Å². The maximum absolute atomic E-state index is 14.1. The lowest BCUT2D eigenvalue weighted by atomic mass is 10.1. The summed E-state index contributed by atoms with van der Waals surface area (Å²) in [5, 5.41) is 2.94. The van der Waals surface area contributed by atoms with Crippen molar-refractivity contribution in [1.29, 1.82) is 0 Å². The summed E-state index contributed by atoms with van der Waals surface area (Å²) in [6, 6.07) is 9.39. The maximum atomic E-state index is 14.1. The van der Waals surface area contributed by atoms with Crippen LogP contribution in [-0.4, -0.2) is 20.4 Å². The molecule has 0 spiro atoms. The number of nitrogens with one attached hydrogen (secondary N) is 1. The molecule has 0 bridgehead atoms. The van der Waals surface area contributed by atoms with E-state index < -0.39 is 21.6 Å². The lowest BCUT2D eigenvalue weighted by molar-refractivity contribution is 0.586. The van der Waals surface area contributed by atoms with Gasteiger partial charge >= 0.3 is 0 Å². The van der Waals surface area contributed by atoms with Crippen LogP contribution in [0.2, 0.25) is 0 Å². The van der Waals surface area contributed by atoms with Crippen molar-refractivity contribution < 1.29 is 17.2 Å². The average molecular weight is 380 g/mol. The van der Waals surface area contributed by atoms with Gasteiger partial charge in [-0.1, -0.05) is 6.07 Å². The molecule has 0 aliphatic carbocycles. The lowest BCUT2D eigenvalue weighted by Gasteiger charge is -2.06. The second-order valence-corrected chi connectivity index (χ2v) is 8.53. The van der Waals surface area contributed by atoms with E-state index in [9.17, 15) is 17.2 Å². The molecule has 2 aromatic heterocycles. The minimum atomic E-state index is -4.00. The number of rotatable bonds is 5. The molecule has 1 aromatic carbocycles. The van der Waals surface area contributed by atoms with Crippen molar-refractivity contribution in [2.45, 2.75) is 15.6 Å². The molecule has 2 heterocycles. The number of nitrogens with zero attached hydrogens (tertiary/aromatic N) is 1. The Kier molecular flexibility index (Phi) is 4.94. The monoisotopic (exact) mass is 380 g/mol. The van der Waals surface area contributed by atoms with Crippen LogP contribution in [-0.2, 0) is 16.4 Å². The molecule has 0 aliphatic heterocycles. The summed E-state index contributed by atoms with van der Waals surface area (Å²) in [4.78, 5) is 4.14. The molecule has 4 nitrogen and oxygen atoms in total. The molecule has 3 rings (SSSR count). The zero-order valence-corrected chi connectivity index (χ0v) is 14.8. The highest BCUT2D eigenvalue weighted by atomic mass is 32.2. The Balaban J connectivity index is 2.23. The van der Waals surface area contributed by atoms with E-state index in [1.54, 1.807) is 13.1 Å². The van der Waals surface area contributed by atoms with Crippen LogP contribution in [0, 0.1) is 11.8 Å².